The molecule has 19 heavy (non-hydrogen) atoms. The van der Waals surface area contributed by atoms with Gasteiger partial charge in [0, 0.05) is 5.56 Å². The van der Waals surface area contributed by atoms with Crippen LogP contribution in [0.15, 0.2) is 24.3 Å². The van der Waals surface area contributed by atoms with Gasteiger partial charge in [-0.2, -0.15) is 0 Å². The number of aliphatic hydroxyl groups is 1. The molecular weight excluding hydrogens is 242 g/mol. The Morgan fingerprint density at radius 1 is 1.32 bits per heavy atom. The van der Waals surface area contributed by atoms with Gasteiger partial charge in [0.1, 0.15) is 5.75 Å². The highest BCUT2D eigenvalue weighted by Gasteiger charge is 2.11. The summed E-state index contributed by atoms with van der Waals surface area (Å²) in [6.07, 6.45) is 0.706. The van der Waals surface area contributed by atoms with Crippen molar-refractivity contribution in [1.29, 1.82) is 0 Å². The van der Waals surface area contributed by atoms with Crippen molar-refractivity contribution in [2.45, 2.75) is 33.2 Å². The second-order valence-electron chi connectivity index (χ2n) is 4.99. The van der Waals surface area contributed by atoms with E-state index in [2.05, 4.69) is 19.2 Å². The normalized spacial score (nSPS) is 12.3. The summed E-state index contributed by atoms with van der Waals surface area (Å²) >= 11 is 0. The van der Waals surface area contributed by atoms with E-state index in [0.29, 0.717) is 24.5 Å². The molecule has 1 aromatic carbocycles. The van der Waals surface area contributed by atoms with Gasteiger partial charge in [-0.15, -0.1) is 0 Å². The summed E-state index contributed by atoms with van der Waals surface area (Å²) < 4.78 is 5.55. The van der Waals surface area contributed by atoms with Crippen molar-refractivity contribution < 1.29 is 14.6 Å². The number of nitrogens with one attached hydrogen (secondary N) is 1. The summed E-state index contributed by atoms with van der Waals surface area (Å²) in [6.45, 7) is 6.71. The molecule has 106 valence electrons. The lowest BCUT2D eigenvalue weighted by Crippen LogP contribution is -2.36. The molecule has 4 nitrogen and oxygen atoms in total. The molecule has 1 rings (SSSR count). The number of carbonyl (C=O) groups excluding carboxylic acids is 1. The highest BCUT2D eigenvalue weighted by Crippen LogP contribution is 2.13. The maximum Gasteiger partial charge on any atom is 0.251 e. The molecular formula is C15H23NO3. The van der Waals surface area contributed by atoms with Crippen LogP contribution < -0.4 is 10.1 Å². The van der Waals surface area contributed by atoms with Crippen LogP contribution in [0.2, 0.25) is 0 Å². The fourth-order valence-electron chi connectivity index (χ4n) is 1.51. The molecule has 0 fully saturated rings. The van der Waals surface area contributed by atoms with Crippen LogP contribution >= 0.6 is 0 Å². The Morgan fingerprint density at radius 2 is 1.95 bits per heavy atom. The molecule has 0 unspecified atom stereocenters. The van der Waals surface area contributed by atoms with Gasteiger partial charge >= 0.3 is 0 Å². The first kappa shape index (κ1) is 15.5. The largest absolute Gasteiger partial charge is 0.493 e. The molecule has 0 aliphatic rings. The fraction of sp³-hybridized carbons (Fsp3) is 0.533. The fourth-order valence-corrected chi connectivity index (χ4v) is 1.51. The van der Waals surface area contributed by atoms with Crippen LogP contribution in [0.5, 0.6) is 5.75 Å². The minimum Gasteiger partial charge on any atom is -0.493 e. The lowest BCUT2D eigenvalue weighted by atomic mass is 10.1. The summed E-state index contributed by atoms with van der Waals surface area (Å²) in [5.74, 6) is 1.06. The number of ether oxygens (including phenoxy) is 1. The zero-order valence-electron chi connectivity index (χ0n) is 11.8. The Morgan fingerprint density at radius 3 is 2.42 bits per heavy atom. The van der Waals surface area contributed by atoms with Crippen LogP contribution in [0.25, 0.3) is 0 Å². The second-order valence-corrected chi connectivity index (χ2v) is 4.99. The monoisotopic (exact) mass is 265 g/mol. The number of rotatable bonds is 7. The highest BCUT2D eigenvalue weighted by molar-refractivity contribution is 5.94. The number of aliphatic hydroxyl groups excluding tert-OH is 1. The molecule has 0 saturated carbocycles. The Hall–Kier alpha value is -1.55. The molecule has 2 N–H and O–H groups in total. The zero-order valence-corrected chi connectivity index (χ0v) is 11.8. The SMILES string of the molecule is CC[C@@H](CO)NC(=O)c1ccc(OCC(C)C)cc1. The van der Waals surface area contributed by atoms with Gasteiger partial charge in [-0.25, -0.2) is 0 Å². The lowest BCUT2D eigenvalue weighted by molar-refractivity contribution is 0.0915. The van der Waals surface area contributed by atoms with E-state index in [4.69, 9.17) is 9.84 Å². The standard InChI is InChI=1S/C15H23NO3/c1-4-13(9-17)16-15(18)12-5-7-14(8-6-12)19-10-11(2)3/h5-8,11,13,17H,4,9-10H2,1-3H3,(H,16,18)/t13-/m0/s1. The van der Waals surface area contributed by atoms with Crippen molar-refractivity contribution in [2.75, 3.05) is 13.2 Å². The molecule has 4 heteroatoms. The van der Waals surface area contributed by atoms with E-state index in [9.17, 15) is 4.79 Å². The third-order valence-electron chi connectivity index (χ3n) is 2.75. The lowest BCUT2D eigenvalue weighted by Gasteiger charge is -2.14. The van der Waals surface area contributed by atoms with Gasteiger partial charge < -0.3 is 15.2 Å². The average molecular weight is 265 g/mol. The van der Waals surface area contributed by atoms with Crippen molar-refractivity contribution in [1.82, 2.24) is 5.32 Å². The summed E-state index contributed by atoms with van der Waals surface area (Å²) in [5, 5.41) is 11.8. The van der Waals surface area contributed by atoms with E-state index in [1.807, 2.05) is 6.92 Å². The van der Waals surface area contributed by atoms with Crippen molar-refractivity contribution in [2.24, 2.45) is 5.92 Å². The van der Waals surface area contributed by atoms with Gasteiger partial charge in [0.15, 0.2) is 0 Å². The third-order valence-corrected chi connectivity index (χ3v) is 2.75. The van der Waals surface area contributed by atoms with E-state index in [0.717, 1.165) is 5.75 Å². The Labute approximate surface area is 114 Å². The first-order valence-electron chi connectivity index (χ1n) is 6.71. The molecule has 0 aliphatic heterocycles. The minimum atomic E-state index is -0.190. The second kappa shape index (κ2) is 7.79. The van der Waals surface area contributed by atoms with Gasteiger partial charge in [-0.05, 0) is 36.6 Å². The molecule has 0 aromatic heterocycles. The third kappa shape index (κ3) is 5.30. The van der Waals surface area contributed by atoms with E-state index >= 15 is 0 Å². The Bertz CT molecular complexity index is 383. The summed E-state index contributed by atoms with van der Waals surface area (Å²) in [7, 11) is 0. The Balaban J connectivity index is 2.57. The maximum atomic E-state index is 11.9. The summed E-state index contributed by atoms with van der Waals surface area (Å²) in [5.41, 5.74) is 0.573. The van der Waals surface area contributed by atoms with Crippen molar-refractivity contribution in [3.05, 3.63) is 29.8 Å². The predicted octanol–water partition coefficient (Wildman–Crippen LogP) is 2.22. The van der Waals surface area contributed by atoms with Crippen LogP contribution in [-0.4, -0.2) is 30.3 Å². The van der Waals surface area contributed by atoms with E-state index < -0.39 is 0 Å². The number of hydrogen-bond acceptors (Lipinski definition) is 3. The first-order chi connectivity index (χ1) is 9.06. The van der Waals surface area contributed by atoms with Gasteiger partial charge in [-0.1, -0.05) is 20.8 Å². The molecule has 1 aromatic rings. The van der Waals surface area contributed by atoms with Crippen LogP contribution in [-0.2, 0) is 0 Å². The quantitative estimate of drug-likeness (QED) is 0.794. The van der Waals surface area contributed by atoms with Gasteiger partial charge in [0.2, 0.25) is 0 Å². The topological polar surface area (TPSA) is 58.6 Å². The average Bonchev–Trinajstić information content (AvgIpc) is 2.42. The Kier molecular flexibility index (Phi) is 6.36. The van der Waals surface area contributed by atoms with E-state index in [1.54, 1.807) is 24.3 Å². The van der Waals surface area contributed by atoms with Gasteiger partial charge in [-0.3, -0.25) is 4.79 Å². The molecule has 1 amide bonds. The molecule has 0 spiro atoms. The van der Waals surface area contributed by atoms with Crippen molar-refractivity contribution >= 4 is 5.91 Å². The molecule has 0 heterocycles. The molecule has 0 bridgehead atoms. The number of amides is 1. The molecule has 0 radical (unpaired) electrons. The smallest absolute Gasteiger partial charge is 0.251 e. The van der Waals surface area contributed by atoms with Crippen molar-refractivity contribution in [3.8, 4) is 5.75 Å². The summed E-state index contributed by atoms with van der Waals surface area (Å²) in [6, 6.07) is 6.85. The number of benzene rings is 1. The summed E-state index contributed by atoms with van der Waals surface area (Å²) in [4.78, 5) is 11.9. The van der Waals surface area contributed by atoms with E-state index in [1.165, 1.54) is 0 Å². The number of hydrogen-bond donors (Lipinski definition) is 2. The maximum absolute atomic E-state index is 11.9. The van der Waals surface area contributed by atoms with Crippen LogP contribution in [0.4, 0.5) is 0 Å². The highest BCUT2D eigenvalue weighted by atomic mass is 16.5. The van der Waals surface area contributed by atoms with Crippen LogP contribution in [0.1, 0.15) is 37.6 Å². The predicted molar refractivity (Wildman–Crippen MR) is 75.4 cm³/mol. The molecule has 1 atom stereocenters. The van der Waals surface area contributed by atoms with E-state index in [-0.39, 0.29) is 18.6 Å². The van der Waals surface area contributed by atoms with Crippen LogP contribution in [0.3, 0.4) is 0 Å². The number of carbonyl (C=O) groups is 1. The van der Waals surface area contributed by atoms with Crippen molar-refractivity contribution in [3.63, 3.8) is 0 Å². The zero-order chi connectivity index (χ0) is 14.3. The minimum absolute atomic E-state index is 0.0438. The molecule has 0 aliphatic carbocycles. The molecule has 0 saturated heterocycles. The van der Waals surface area contributed by atoms with Gasteiger partial charge in [0.05, 0.1) is 19.3 Å². The van der Waals surface area contributed by atoms with Crippen LogP contribution in [0, 0.1) is 5.92 Å². The first-order valence-corrected chi connectivity index (χ1v) is 6.71. The van der Waals surface area contributed by atoms with Gasteiger partial charge in [0.25, 0.3) is 5.91 Å².